The van der Waals surface area contributed by atoms with Crippen molar-refractivity contribution < 1.29 is 4.21 Å². The molecule has 92 valence electrons. The fourth-order valence-electron chi connectivity index (χ4n) is 1.20. The van der Waals surface area contributed by atoms with Gasteiger partial charge in [-0.05, 0) is 34.1 Å². The summed E-state index contributed by atoms with van der Waals surface area (Å²) in [5, 5.41) is 6.83. The van der Waals surface area contributed by atoms with Gasteiger partial charge in [-0.15, -0.1) is 0 Å². The average Bonchev–Trinajstić information content (AvgIpc) is 2.07. The van der Waals surface area contributed by atoms with Gasteiger partial charge in [0.1, 0.15) is 0 Å². The number of hydrogen-bond donors (Lipinski definition) is 2. The maximum absolute atomic E-state index is 10.9. The average molecular weight is 234 g/mol. The Morgan fingerprint density at radius 1 is 1.27 bits per heavy atom. The Kier molecular flexibility index (Phi) is 7.40. The highest BCUT2D eigenvalue weighted by molar-refractivity contribution is 7.84. The molecule has 0 aliphatic rings. The lowest BCUT2D eigenvalue weighted by atomic mass is 10.1. The Balaban J connectivity index is 3.39. The van der Waals surface area contributed by atoms with E-state index >= 15 is 0 Å². The molecule has 15 heavy (non-hydrogen) atoms. The lowest BCUT2D eigenvalue weighted by Gasteiger charge is -2.21. The zero-order valence-corrected chi connectivity index (χ0v) is 11.5. The standard InChI is InChI=1S/C11H26N2OS/c1-10(6-9-15(5)14)12-7-8-13-11(2,3)4/h10,12-13H,6-9H2,1-5H3. The molecule has 0 spiro atoms. The molecule has 0 bridgehead atoms. The van der Waals surface area contributed by atoms with E-state index in [0.29, 0.717) is 6.04 Å². The molecule has 4 heteroatoms. The van der Waals surface area contributed by atoms with Crippen LogP contribution >= 0.6 is 0 Å². The predicted molar refractivity (Wildman–Crippen MR) is 68.8 cm³/mol. The maximum atomic E-state index is 10.9. The summed E-state index contributed by atoms with van der Waals surface area (Å²) in [5.74, 6) is 0.793. The SMILES string of the molecule is CC(CCS(C)=O)NCCNC(C)(C)C. The van der Waals surface area contributed by atoms with E-state index in [0.717, 1.165) is 25.3 Å². The van der Waals surface area contributed by atoms with Crippen molar-refractivity contribution in [2.45, 2.75) is 45.7 Å². The Hall–Kier alpha value is 0.0700. The molecule has 0 aromatic carbocycles. The summed E-state index contributed by atoms with van der Waals surface area (Å²) in [6.45, 7) is 10.6. The molecule has 0 rings (SSSR count). The molecule has 2 N–H and O–H groups in total. The minimum Gasteiger partial charge on any atom is -0.313 e. The van der Waals surface area contributed by atoms with Gasteiger partial charge in [0, 0.05) is 47.5 Å². The highest BCUT2D eigenvalue weighted by atomic mass is 32.2. The van der Waals surface area contributed by atoms with Gasteiger partial charge in [-0.1, -0.05) is 0 Å². The third-order valence-corrected chi connectivity index (χ3v) is 2.92. The van der Waals surface area contributed by atoms with E-state index in [9.17, 15) is 4.21 Å². The minimum atomic E-state index is -0.663. The summed E-state index contributed by atoms with van der Waals surface area (Å²) >= 11 is 0. The van der Waals surface area contributed by atoms with Gasteiger partial charge in [0.05, 0.1) is 0 Å². The maximum Gasteiger partial charge on any atom is 0.0246 e. The van der Waals surface area contributed by atoms with Gasteiger partial charge >= 0.3 is 0 Å². The summed E-state index contributed by atoms with van der Waals surface area (Å²) < 4.78 is 10.9. The summed E-state index contributed by atoms with van der Waals surface area (Å²) in [6.07, 6.45) is 2.74. The zero-order chi connectivity index (χ0) is 11.9. The Bertz CT molecular complexity index is 190. The van der Waals surface area contributed by atoms with Crippen LogP contribution in [-0.4, -0.2) is 40.9 Å². The van der Waals surface area contributed by atoms with Gasteiger partial charge in [0.2, 0.25) is 0 Å². The lowest BCUT2D eigenvalue weighted by Crippen LogP contribution is -2.41. The fraction of sp³-hybridized carbons (Fsp3) is 1.00. The molecule has 0 amide bonds. The molecule has 0 aliphatic carbocycles. The van der Waals surface area contributed by atoms with Gasteiger partial charge in [0.25, 0.3) is 0 Å². The second-order valence-corrected chi connectivity index (χ2v) is 6.65. The van der Waals surface area contributed by atoms with Crippen molar-refractivity contribution >= 4 is 10.8 Å². The molecule has 0 saturated carbocycles. The topological polar surface area (TPSA) is 41.1 Å². The second-order valence-electron chi connectivity index (χ2n) is 5.10. The third kappa shape index (κ3) is 12.0. The van der Waals surface area contributed by atoms with Gasteiger partial charge in [-0.3, -0.25) is 4.21 Å². The first-order valence-corrected chi connectivity index (χ1v) is 7.32. The molecule has 0 radical (unpaired) electrons. The highest BCUT2D eigenvalue weighted by Gasteiger charge is 2.08. The van der Waals surface area contributed by atoms with E-state index in [2.05, 4.69) is 38.3 Å². The van der Waals surface area contributed by atoms with Gasteiger partial charge in [-0.2, -0.15) is 0 Å². The molecule has 0 aromatic heterocycles. The summed E-state index contributed by atoms with van der Waals surface area (Å²) in [7, 11) is -0.663. The third-order valence-electron chi connectivity index (χ3n) is 2.11. The highest BCUT2D eigenvalue weighted by Crippen LogP contribution is 1.97. The fourth-order valence-corrected chi connectivity index (χ4v) is 1.89. The van der Waals surface area contributed by atoms with Crippen LogP contribution in [0.25, 0.3) is 0 Å². The van der Waals surface area contributed by atoms with E-state index in [4.69, 9.17) is 0 Å². The van der Waals surface area contributed by atoms with Crippen LogP contribution < -0.4 is 10.6 Å². The molecule has 2 unspecified atom stereocenters. The molecular formula is C11H26N2OS. The molecule has 0 heterocycles. The lowest BCUT2D eigenvalue weighted by molar-refractivity contribution is 0.411. The van der Waals surface area contributed by atoms with E-state index in [-0.39, 0.29) is 5.54 Å². The van der Waals surface area contributed by atoms with Gasteiger partial charge in [0.15, 0.2) is 0 Å². The molecular weight excluding hydrogens is 208 g/mol. The van der Waals surface area contributed by atoms with Crippen molar-refractivity contribution in [2.75, 3.05) is 25.1 Å². The molecule has 2 atom stereocenters. The Morgan fingerprint density at radius 2 is 1.87 bits per heavy atom. The van der Waals surface area contributed by atoms with E-state index < -0.39 is 10.8 Å². The van der Waals surface area contributed by atoms with Crippen molar-refractivity contribution in [3.05, 3.63) is 0 Å². The van der Waals surface area contributed by atoms with Crippen molar-refractivity contribution in [1.82, 2.24) is 10.6 Å². The van der Waals surface area contributed by atoms with Crippen molar-refractivity contribution in [3.63, 3.8) is 0 Å². The van der Waals surface area contributed by atoms with E-state index in [1.807, 2.05) is 0 Å². The largest absolute Gasteiger partial charge is 0.313 e. The van der Waals surface area contributed by atoms with Crippen LogP contribution in [-0.2, 0) is 10.8 Å². The summed E-state index contributed by atoms with van der Waals surface area (Å²) in [4.78, 5) is 0. The van der Waals surface area contributed by atoms with Gasteiger partial charge in [-0.25, -0.2) is 0 Å². The van der Waals surface area contributed by atoms with Crippen LogP contribution in [0.5, 0.6) is 0 Å². The van der Waals surface area contributed by atoms with Crippen molar-refractivity contribution in [1.29, 1.82) is 0 Å². The molecule has 0 fully saturated rings. The normalized spacial score (nSPS) is 16.3. The Labute approximate surface area is 96.9 Å². The monoisotopic (exact) mass is 234 g/mol. The predicted octanol–water partition coefficient (Wildman–Crippen LogP) is 1.12. The van der Waals surface area contributed by atoms with Crippen LogP contribution in [0.4, 0.5) is 0 Å². The van der Waals surface area contributed by atoms with E-state index in [1.54, 1.807) is 6.26 Å². The van der Waals surface area contributed by atoms with Crippen LogP contribution in [0.15, 0.2) is 0 Å². The summed E-state index contributed by atoms with van der Waals surface area (Å²) in [5.41, 5.74) is 0.190. The first-order valence-electron chi connectivity index (χ1n) is 5.59. The van der Waals surface area contributed by atoms with E-state index in [1.165, 1.54) is 0 Å². The minimum absolute atomic E-state index is 0.190. The smallest absolute Gasteiger partial charge is 0.0246 e. The first kappa shape index (κ1) is 15.1. The van der Waals surface area contributed by atoms with Crippen LogP contribution in [0.2, 0.25) is 0 Å². The second kappa shape index (κ2) is 7.36. The zero-order valence-electron chi connectivity index (χ0n) is 10.7. The first-order chi connectivity index (χ1) is 6.81. The van der Waals surface area contributed by atoms with Crippen molar-refractivity contribution in [2.24, 2.45) is 0 Å². The Morgan fingerprint density at radius 3 is 2.33 bits per heavy atom. The summed E-state index contributed by atoms with van der Waals surface area (Å²) in [6, 6.07) is 0.454. The van der Waals surface area contributed by atoms with Gasteiger partial charge < -0.3 is 10.6 Å². The quantitative estimate of drug-likeness (QED) is 0.649. The van der Waals surface area contributed by atoms with Crippen LogP contribution in [0, 0.1) is 0 Å². The van der Waals surface area contributed by atoms with Crippen LogP contribution in [0.1, 0.15) is 34.1 Å². The molecule has 0 aliphatic heterocycles. The molecule has 3 nitrogen and oxygen atoms in total. The number of rotatable bonds is 7. The molecule has 0 aromatic rings. The number of nitrogens with one attached hydrogen (secondary N) is 2. The van der Waals surface area contributed by atoms with Crippen LogP contribution in [0.3, 0.4) is 0 Å². The molecule has 0 saturated heterocycles. The number of hydrogen-bond acceptors (Lipinski definition) is 3. The van der Waals surface area contributed by atoms with Crippen molar-refractivity contribution in [3.8, 4) is 0 Å².